The molecule has 0 aromatic heterocycles. The largest absolute Gasteiger partial charge is 0.453 e. The number of sulfone groups is 1. The number of ether oxygens (including phenoxy) is 1. The first kappa shape index (κ1) is 20.1. The Hall–Kier alpha value is -1.96. The zero-order valence-electron chi connectivity index (χ0n) is 14.1. The molecule has 1 aromatic rings. The fraction of sp³-hybridized carbons (Fsp3) is 0.500. The van der Waals surface area contributed by atoms with Gasteiger partial charge in [0.25, 0.3) is 5.91 Å². The minimum atomic E-state index is -3.73. The van der Waals surface area contributed by atoms with Crippen LogP contribution in [-0.2, 0) is 24.2 Å². The highest BCUT2D eigenvalue weighted by atomic mass is 32.2. The van der Waals surface area contributed by atoms with Gasteiger partial charge in [-0.1, -0.05) is 0 Å². The van der Waals surface area contributed by atoms with Crippen molar-refractivity contribution in [1.29, 1.82) is 0 Å². The van der Waals surface area contributed by atoms with Crippen LogP contribution in [0.15, 0.2) is 29.2 Å². The standard InChI is InChI=1S/C16H22FNO5S/c1-11(15(20)18-16(2,3)4)23-14(19)9-10-24(21,22)13-7-5-12(17)6-8-13/h5-8,11H,9-10H2,1-4H3,(H,18,20). The Balaban J connectivity index is 2.56. The van der Waals surface area contributed by atoms with Crippen molar-refractivity contribution < 1.29 is 27.1 Å². The van der Waals surface area contributed by atoms with Crippen LogP contribution in [0.4, 0.5) is 4.39 Å². The monoisotopic (exact) mass is 359 g/mol. The summed E-state index contributed by atoms with van der Waals surface area (Å²) >= 11 is 0. The second kappa shape index (κ2) is 7.74. The Morgan fingerprint density at radius 1 is 1.21 bits per heavy atom. The van der Waals surface area contributed by atoms with E-state index in [1.807, 2.05) is 0 Å². The first-order valence-corrected chi connectivity index (χ1v) is 9.06. The van der Waals surface area contributed by atoms with Crippen molar-refractivity contribution in [2.45, 2.75) is 50.7 Å². The average molecular weight is 359 g/mol. The Morgan fingerprint density at radius 2 is 1.75 bits per heavy atom. The van der Waals surface area contributed by atoms with Gasteiger partial charge in [-0.2, -0.15) is 0 Å². The normalized spacial score (nSPS) is 13.2. The van der Waals surface area contributed by atoms with E-state index in [1.165, 1.54) is 6.92 Å². The van der Waals surface area contributed by atoms with Gasteiger partial charge in [0.05, 0.1) is 17.1 Å². The maximum absolute atomic E-state index is 12.8. The first-order chi connectivity index (χ1) is 10.9. The van der Waals surface area contributed by atoms with Crippen molar-refractivity contribution in [3.8, 4) is 0 Å². The number of halogens is 1. The van der Waals surface area contributed by atoms with E-state index in [0.717, 1.165) is 24.3 Å². The van der Waals surface area contributed by atoms with Crippen LogP contribution in [0.2, 0.25) is 0 Å². The number of rotatable bonds is 6. The van der Waals surface area contributed by atoms with Crippen LogP contribution in [0.5, 0.6) is 0 Å². The highest BCUT2D eigenvalue weighted by molar-refractivity contribution is 7.91. The van der Waals surface area contributed by atoms with Gasteiger partial charge in [0.15, 0.2) is 15.9 Å². The summed E-state index contributed by atoms with van der Waals surface area (Å²) in [4.78, 5) is 23.5. The van der Waals surface area contributed by atoms with E-state index in [2.05, 4.69) is 5.32 Å². The molecule has 0 spiro atoms. The lowest BCUT2D eigenvalue weighted by atomic mass is 10.1. The SMILES string of the molecule is CC(OC(=O)CCS(=O)(=O)c1ccc(F)cc1)C(=O)NC(C)(C)C. The summed E-state index contributed by atoms with van der Waals surface area (Å²) in [7, 11) is -3.73. The molecule has 0 fully saturated rings. The Labute approximate surface area is 141 Å². The third-order valence-corrected chi connectivity index (χ3v) is 4.66. The minimum Gasteiger partial charge on any atom is -0.453 e. The maximum atomic E-state index is 12.8. The van der Waals surface area contributed by atoms with Crippen molar-refractivity contribution in [1.82, 2.24) is 5.32 Å². The molecular formula is C16H22FNO5S. The topological polar surface area (TPSA) is 89.5 Å². The van der Waals surface area contributed by atoms with E-state index in [0.29, 0.717) is 0 Å². The zero-order valence-corrected chi connectivity index (χ0v) is 14.9. The summed E-state index contributed by atoms with van der Waals surface area (Å²) in [5.74, 6) is -2.29. The second-order valence-electron chi connectivity index (χ2n) is 6.39. The van der Waals surface area contributed by atoms with Crippen LogP contribution in [0.3, 0.4) is 0 Å². The molecule has 1 unspecified atom stereocenters. The molecule has 0 saturated carbocycles. The summed E-state index contributed by atoms with van der Waals surface area (Å²) in [6.07, 6.45) is -1.42. The van der Waals surface area contributed by atoms with Gasteiger partial charge in [-0.05, 0) is 52.0 Å². The van der Waals surface area contributed by atoms with Crippen LogP contribution >= 0.6 is 0 Å². The molecule has 1 aromatic carbocycles. The molecular weight excluding hydrogens is 337 g/mol. The molecule has 6 nitrogen and oxygen atoms in total. The molecule has 0 saturated heterocycles. The molecule has 0 aliphatic rings. The number of carbonyl (C=O) groups excluding carboxylic acids is 2. The molecule has 1 rings (SSSR count). The average Bonchev–Trinajstić information content (AvgIpc) is 2.44. The molecule has 1 amide bonds. The number of benzene rings is 1. The third-order valence-electron chi connectivity index (χ3n) is 2.92. The highest BCUT2D eigenvalue weighted by Crippen LogP contribution is 2.13. The molecule has 0 bridgehead atoms. The molecule has 24 heavy (non-hydrogen) atoms. The number of carbonyl (C=O) groups is 2. The smallest absolute Gasteiger partial charge is 0.307 e. The maximum Gasteiger partial charge on any atom is 0.307 e. The molecule has 134 valence electrons. The van der Waals surface area contributed by atoms with Crippen molar-refractivity contribution in [2.24, 2.45) is 0 Å². The predicted octanol–water partition coefficient (Wildman–Crippen LogP) is 1.84. The van der Waals surface area contributed by atoms with Crippen molar-refractivity contribution in [3.05, 3.63) is 30.1 Å². The van der Waals surface area contributed by atoms with Gasteiger partial charge in [-0.25, -0.2) is 12.8 Å². The number of amides is 1. The van der Waals surface area contributed by atoms with Gasteiger partial charge in [-0.15, -0.1) is 0 Å². The van der Waals surface area contributed by atoms with E-state index in [9.17, 15) is 22.4 Å². The van der Waals surface area contributed by atoms with Crippen molar-refractivity contribution in [2.75, 3.05) is 5.75 Å². The van der Waals surface area contributed by atoms with Crippen LogP contribution in [-0.4, -0.2) is 37.7 Å². The number of esters is 1. The molecule has 0 aliphatic heterocycles. The Bertz CT molecular complexity index is 692. The second-order valence-corrected chi connectivity index (χ2v) is 8.50. The number of nitrogens with one attached hydrogen (secondary N) is 1. The molecule has 0 heterocycles. The lowest BCUT2D eigenvalue weighted by molar-refractivity contribution is -0.154. The fourth-order valence-corrected chi connectivity index (χ4v) is 2.98. The zero-order chi connectivity index (χ0) is 18.5. The summed E-state index contributed by atoms with van der Waals surface area (Å²) in [5.41, 5.74) is -0.469. The fourth-order valence-electron chi connectivity index (χ4n) is 1.76. The van der Waals surface area contributed by atoms with Crippen LogP contribution in [0.25, 0.3) is 0 Å². The number of hydrogen-bond donors (Lipinski definition) is 1. The van der Waals surface area contributed by atoms with Gasteiger partial charge < -0.3 is 10.1 Å². The third kappa shape index (κ3) is 6.66. The summed E-state index contributed by atoms with van der Waals surface area (Å²) in [5, 5.41) is 2.66. The summed E-state index contributed by atoms with van der Waals surface area (Å²) < 4.78 is 41.8. The van der Waals surface area contributed by atoms with E-state index < -0.39 is 51.3 Å². The minimum absolute atomic E-state index is 0.0739. The molecule has 0 aliphatic carbocycles. The van der Waals surface area contributed by atoms with Gasteiger partial charge in [0.2, 0.25) is 0 Å². The first-order valence-electron chi connectivity index (χ1n) is 7.40. The van der Waals surface area contributed by atoms with E-state index in [-0.39, 0.29) is 4.90 Å². The molecule has 1 atom stereocenters. The number of hydrogen-bond acceptors (Lipinski definition) is 5. The summed E-state index contributed by atoms with van der Waals surface area (Å²) in [6.45, 7) is 6.77. The molecule has 8 heteroatoms. The van der Waals surface area contributed by atoms with Crippen molar-refractivity contribution >= 4 is 21.7 Å². The van der Waals surface area contributed by atoms with Gasteiger partial charge >= 0.3 is 5.97 Å². The Kier molecular flexibility index (Phi) is 6.48. The lowest BCUT2D eigenvalue weighted by Gasteiger charge is -2.23. The van der Waals surface area contributed by atoms with Gasteiger partial charge in [0, 0.05) is 5.54 Å². The van der Waals surface area contributed by atoms with Crippen molar-refractivity contribution in [3.63, 3.8) is 0 Å². The molecule has 1 N–H and O–H groups in total. The quantitative estimate of drug-likeness (QED) is 0.618. The van der Waals surface area contributed by atoms with E-state index in [4.69, 9.17) is 4.74 Å². The molecule has 0 radical (unpaired) electrons. The predicted molar refractivity (Wildman–Crippen MR) is 86.5 cm³/mol. The lowest BCUT2D eigenvalue weighted by Crippen LogP contribution is -2.46. The van der Waals surface area contributed by atoms with Crippen LogP contribution in [0, 0.1) is 5.82 Å². The highest BCUT2D eigenvalue weighted by Gasteiger charge is 2.23. The van der Waals surface area contributed by atoms with E-state index in [1.54, 1.807) is 20.8 Å². The summed E-state index contributed by atoms with van der Waals surface area (Å²) in [6, 6.07) is 4.33. The van der Waals surface area contributed by atoms with E-state index >= 15 is 0 Å². The van der Waals surface area contributed by atoms with Gasteiger partial charge in [0.1, 0.15) is 5.82 Å². The van der Waals surface area contributed by atoms with Gasteiger partial charge in [-0.3, -0.25) is 9.59 Å². The van der Waals surface area contributed by atoms with Crippen LogP contribution in [0.1, 0.15) is 34.1 Å². The Morgan fingerprint density at radius 3 is 2.25 bits per heavy atom. The van der Waals surface area contributed by atoms with Crippen LogP contribution < -0.4 is 5.32 Å².